The third kappa shape index (κ3) is 4.50. The van der Waals surface area contributed by atoms with Gasteiger partial charge in [-0.15, -0.1) is 11.3 Å². The standard InChI is InChI=1S/C21H16N2OS.BrH/c1-3-7-17(8-4-1)22-21-23-20(15-25-21)16-11-13-19(14-12-16)24-18-9-5-2-6-10-18;/h1-15H,(H,22,23);1H/p-1. The van der Waals surface area contributed by atoms with Crippen LogP contribution in [0.5, 0.6) is 11.5 Å². The summed E-state index contributed by atoms with van der Waals surface area (Å²) in [6.45, 7) is 0. The van der Waals surface area contributed by atoms with Crippen molar-refractivity contribution in [2.45, 2.75) is 0 Å². The highest BCUT2D eigenvalue weighted by Crippen LogP contribution is 2.29. The molecule has 0 spiro atoms. The van der Waals surface area contributed by atoms with Crippen LogP contribution in [0.15, 0.2) is 90.3 Å². The van der Waals surface area contributed by atoms with E-state index in [1.807, 2.05) is 84.9 Å². The number of ether oxygens (including phenoxy) is 1. The molecule has 5 heteroatoms. The second-order valence-corrected chi connectivity index (χ2v) is 6.33. The fourth-order valence-corrected chi connectivity index (χ4v) is 3.17. The predicted molar refractivity (Wildman–Crippen MR) is 104 cm³/mol. The highest BCUT2D eigenvalue weighted by Gasteiger charge is 2.05. The Bertz CT molecular complexity index is 941. The van der Waals surface area contributed by atoms with Crippen molar-refractivity contribution in [3.05, 3.63) is 90.3 Å². The van der Waals surface area contributed by atoms with Gasteiger partial charge in [0.1, 0.15) is 11.5 Å². The molecule has 26 heavy (non-hydrogen) atoms. The average Bonchev–Trinajstić information content (AvgIpc) is 3.12. The highest BCUT2D eigenvalue weighted by atomic mass is 79.9. The lowest BCUT2D eigenvalue weighted by molar-refractivity contribution is -0.00000536. The predicted octanol–water partition coefficient (Wildman–Crippen LogP) is 3.35. The Balaban J connectivity index is 0.00000196. The number of aromatic nitrogens is 1. The van der Waals surface area contributed by atoms with Gasteiger partial charge in [0.2, 0.25) is 0 Å². The van der Waals surface area contributed by atoms with Crippen molar-refractivity contribution in [2.24, 2.45) is 0 Å². The molecule has 0 radical (unpaired) electrons. The van der Waals surface area contributed by atoms with Crippen LogP contribution in [-0.2, 0) is 0 Å². The van der Waals surface area contributed by atoms with Crippen LogP contribution in [0.2, 0.25) is 0 Å². The summed E-state index contributed by atoms with van der Waals surface area (Å²) in [6, 6.07) is 27.8. The molecule has 1 heterocycles. The van der Waals surface area contributed by atoms with Crippen LogP contribution in [0.4, 0.5) is 10.8 Å². The zero-order chi connectivity index (χ0) is 16.9. The van der Waals surface area contributed by atoms with Crippen LogP contribution < -0.4 is 27.0 Å². The van der Waals surface area contributed by atoms with Gasteiger partial charge in [0.05, 0.1) is 5.69 Å². The number of thiazole rings is 1. The first kappa shape index (κ1) is 18.2. The van der Waals surface area contributed by atoms with Gasteiger partial charge >= 0.3 is 0 Å². The number of nitrogens with zero attached hydrogens (tertiary/aromatic N) is 1. The molecular formula is C21H16BrN2OS-. The third-order valence-corrected chi connectivity index (χ3v) is 4.42. The van der Waals surface area contributed by atoms with Crippen molar-refractivity contribution >= 4 is 22.2 Å². The van der Waals surface area contributed by atoms with Crippen LogP contribution in [0, 0.1) is 0 Å². The van der Waals surface area contributed by atoms with E-state index in [0.717, 1.165) is 33.6 Å². The number of rotatable bonds is 5. The number of halogens is 1. The van der Waals surface area contributed by atoms with E-state index in [-0.39, 0.29) is 17.0 Å². The number of hydrogen-bond acceptors (Lipinski definition) is 4. The van der Waals surface area contributed by atoms with E-state index in [2.05, 4.69) is 15.7 Å². The molecule has 0 atom stereocenters. The minimum atomic E-state index is 0. The van der Waals surface area contributed by atoms with Crippen molar-refractivity contribution in [1.82, 2.24) is 4.98 Å². The summed E-state index contributed by atoms with van der Waals surface area (Å²) < 4.78 is 5.82. The molecule has 3 aromatic carbocycles. The number of para-hydroxylation sites is 2. The summed E-state index contributed by atoms with van der Waals surface area (Å²) in [5.74, 6) is 1.64. The van der Waals surface area contributed by atoms with Gasteiger partial charge < -0.3 is 27.0 Å². The van der Waals surface area contributed by atoms with Gasteiger partial charge in [0, 0.05) is 16.6 Å². The maximum Gasteiger partial charge on any atom is 0.187 e. The summed E-state index contributed by atoms with van der Waals surface area (Å²) in [5.41, 5.74) is 3.06. The molecule has 4 aromatic rings. The van der Waals surface area contributed by atoms with Gasteiger partial charge in [-0.3, -0.25) is 0 Å². The van der Waals surface area contributed by atoms with Crippen molar-refractivity contribution < 1.29 is 21.7 Å². The molecule has 0 saturated carbocycles. The van der Waals surface area contributed by atoms with E-state index in [1.54, 1.807) is 11.3 Å². The Kier molecular flexibility index (Phi) is 6.04. The minimum absolute atomic E-state index is 0. The monoisotopic (exact) mass is 423 g/mol. The van der Waals surface area contributed by atoms with Crippen molar-refractivity contribution in [2.75, 3.05) is 5.32 Å². The second kappa shape index (κ2) is 8.65. The van der Waals surface area contributed by atoms with Crippen molar-refractivity contribution in [1.29, 1.82) is 0 Å². The Morgan fingerprint density at radius 3 is 2.04 bits per heavy atom. The minimum Gasteiger partial charge on any atom is -1.00 e. The van der Waals surface area contributed by atoms with Crippen molar-refractivity contribution in [3.8, 4) is 22.8 Å². The van der Waals surface area contributed by atoms with Crippen LogP contribution in [0.3, 0.4) is 0 Å². The molecule has 0 fully saturated rings. The number of hydrogen-bond donors (Lipinski definition) is 1. The molecule has 1 N–H and O–H groups in total. The second-order valence-electron chi connectivity index (χ2n) is 5.47. The Morgan fingerprint density at radius 2 is 1.35 bits per heavy atom. The molecule has 0 saturated heterocycles. The lowest BCUT2D eigenvalue weighted by Gasteiger charge is -2.06. The summed E-state index contributed by atoms with van der Waals surface area (Å²) >= 11 is 1.59. The molecule has 130 valence electrons. The summed E-state index contributed by atoms with van der Waals surface area (Å²) in [4.78, 5) is 4.66. The fraction of sp³-hybridized carbons (Fsp3) is 0. The van der Waals surface area contributed by atoms with Gasteiger partial charge in [0.25, 0.3) is 0 Å². The van der Waals surface area contributed by atoms with Crippen molar-refractivity contribution in [3.63, 3.8) is 0 Å². The number of anilines is 2. The van der Waals surface area contributed by atoms with Gasteiger partial charge in [-0.2, -0.15) is 0 Å². The Hall–Kier alpha value is -2.63. The maximum atomic E-state index is 5.82. The summed E-state index contributed by atoms with van der Waals surface area (Å²) in [6.07, 6.45) is 0. The molecule has 0 aliphatic rings. The molecule has 0 aliphatic heterocycles. The summed E-state index contributed by atoms with van der Waals surface area (Å²) in [7, 11) is 0. The highest BCUT2D eigenvalue weighted by molar-refractivity contribution is 7.14. The van der Waals surface area contributed by atoms with Crippen LogP contribution >= 0.6 is 11.3 Å². The van der Waals surface area contributed by atoms with Gasteiger partial charge in [-0.25, -0.2) is 4.98 Å². The molecular weight excluding hydrogens is 408 g/mol. The van der Waals surface area contributed by atoms with Crippen LogP contribution in [0.1, 0.15) is 0 Å². The third-order valence-electron chi connectivity index (χ3n) is 3.66. The molecule has 1 aromatic heterocycles. The summed E-state index contributed by atoms with van der Waals surface area (Å²) in [5, 5.41) is 6.26. The van der Waals surface area contributed by atoms with Gasteiger partial charge in [-0.05, 0) is 48.5 Å². The van der Waals surface area contributed by atoms with E-state index in [1.165, 1.54) is 0 Å². The SMILES string of the molecule is [Br-].c1ccc(Nc2nc(-c3ccc(Oc4ccccc4)cc3)cs2)cc1. The van der Waals surface area contributed by atoms with E-state index in [9.17, 15) is 0 Å². The first-order chi connectivity index (χ1) is 12.4. The lowest BCUT2D eigenvalue weighted by Crippen LogP contribution is -3.00. The molecule has 4 rings (SSSR count). The molecule has 0 aliphatic carbocycles. The quantitative estimate of drug-likeness (QED) is 0.534. The number of nitrogens with one attached hydrogen (secondary N) is 1. The van der Waals surface area contributed by atoms with Crippen LogP contribution in [0.25, 0.3) is 11.3 Å². The smallest absolute Gasteiger partial charge is 0.187 e. The molecule has 0 unspecified atom stereocenters. The number of benzene rings is 3. The van der Waals surface area contributed by atoms with Crippen LogP contribution in [-0.4, -0.2) is 4.98 Å². The molecule has 0 amide bonds. The van der Waals surface area contributed by atoms with E-state index < -0.39 is 0 Å². The Morgan fingerprint density at radius 1 is 0.731 bits per heavy atom. The zero-order valence-electron chi connectivity index (χ0n) is 13.8. The lowest BCUT2D eigenvalue weighted by atomic mass is 10.2. The average molecular weight is 424 g/mol. The normalized spacial score (nSPS) is 10.0. The molecule has 3 nitrogen and oxygen atoms in total. The van der Waals surface area contributed by atoms with E-state index >= 15 is 0 Å². The first-order valence-corrected chi connectivity index (χ1v) is 8.86. The molecule has 0 bridgehead atoms. The Labute approximate surface area is 167 Å². The van der Waals surface area contributed by atoms with Gasteiger partial charge in [-0.1, -0.05) is 36.4 Å². The van der Waals surface area contributed by atoms with Gasteiger partial charge in [0.15, 0.2) is 5.13 Å². The van der Waals surface area contributed by atoms with E-state index in [0.29, 0.717) is 0 Å². The fourth-order valence-electron chi connectivity index (χ4n) is 2.43. The maximum absolute atomic E-state index is 5.82. The first-order valence-electron chi connectivity index (χ1n) is 7.98. The zero-order valence-corrected chi connectivity index (χ0v) is 16.2. The van der Waals surface area contributed by atoms with E-state index in [4.69, 9.17) is 4.74 Å². The largest absolute Gasteiger partial charge is 1.00 e. The topological polar surface area (TPSA) is 34.2 Å².